The second-order valence-corrected chi connectivity index (χ2v) is 7.85. The molecule has 1 nitrogen and oxygen atoms in total. The average molecular weight is 324 g/mol. The topological polar surface area (TPSA) is 12.0 Å². The van der Waals surface area contributed by atoms with E-state index in [9.17, 15) is 0 Å². The van der Waals surface area contributed by atoms with Gasteiger partial charge in [-0.3, -0.25) is 0 Å². The molecule has 1 aromatic carbocycles. The molecule has 1 unspecified atom stereocenters. The molecule has 1 saturated carbocycles. The summed E-state index contributed by atoms with van der Waals surface area (Å²) in [7, 11) is 0. The predicted octanol–water partition coefficient (Wildman–Crippen LogP) is 5.11. The fraction of sp³-hybridized carbons (Fsp3) is 0.647. The highest BCUT2D eigenvalue weighted by molar-refractivity contribution is 9.10. The summed E-state index contributed by atoms with van der Waals surface area (Å²) in [6.45, 7) is 8.11. The molecule has 1 N–H and O–H groups in total. The molecule has 19 heavy (non-hydrogen) atoms. The van der Waals surface area contributed by atoms with Crippen LogP contribution in [0.3, 0.4) is 0 Å². The maximum absolute atomic E-state index is 3.71. The number of halogens is 1. The summed E-state index contributed by atoms with van der Waals surface area (Å²) < 4.78 is 1.26. The van der Waals surface area contributed by atoms with E-state index in [1.165, 1.54) is 35.7 Å². The largest absolute Gasteiger partial charge is 0.313 e. The van der Waals surface area contributed by atoms with Crippen LogP contribution in [0, 0.1) is 5.41 Å². The Hall–Kier alpha value is -0.340. The quantitative estimate of drug-likeness (QED) is 0.766. The van der Waals surface area contributed by atoms with Crippen LogP contribution < -0.4 is 5.32 Å². The minimum atomic E-state index is 0.416. The molecule has 1 fully saturated rings. The fourth-order valence-corrected chi connectivity index (χ4v) is 2.99. The molecule has 2 heteroatoms. The Bertz CT molecular complexity index is 404. The van der Waals surface area contributed by atoms with Crippen molar-refractivity contribution in [3.05, 3.63) is 34.3 Å². The molecule has 0 heterocycles. The summed E-state index contributed by atoms with van der Waals surface area (Å²) in [5.74, 6) is 0.621. The normalized spacial score (nSPS) is 17.5. The molecule has 0 aromatic heterocycles. The monoisotopic (exact) mass is 323 g/mol. The van der Waals surface area contributed by atoms with Crippen LogP contribution >= 0.6 is 15.9 Å². The van der Waals surface area contributed by atoms with Crippen LogP contribution in [0.5, 0.6) is 0 Å². The van der Waals surface area contributed by atoms with Crippen molar-refractivity contribution in [1.29, 1.82) is 0 Å². The van der Waals surface area contributed by atoms with Crippen molar-refractivity contribution in [3.8, 4) is 0 Å². The molecule has 1 aliphatic carbocycles. The van der Waals surface area contributed by atoms with Crippen molar-refractivity contribution in [2.45, 2.75) is 58.4 Å². The molecule has 0 radical (unpaired) electrons. The molecular formula is C17H26BrN. The van der Waals surface area contributed by atoms with Gasteiger partial charge in [-0.1, -0.05) is 54.9 Å². The summed E-state index contributed by atoms with van der Waals surface area (Å²) in [4.78, 5) is 0. The number of rotatable bonds is 6. The first-order valence-electron chi connectivity index (χ1n) is 7.43. The van der Waals surface area contributed by atoms with Gasteiger partial charge in [-0.25, -0.2) is 0 Å². The molecular weight excluding hydrogens is 298 g/mol. The molecule has 2 rings (SSSR count). The van der Waals surface area contributed by atoms with Crippen LogP contribution in [0.15, 0.2) is 28.7 Å². The summed E-state index contributed by atoms with van der Waals surface area (Å²) in [5.41, 5.74) is 1.87. The standard InChI is InChI=1S/C17H26BrN/c1-17(2,3)11-10-13(12-19-14-8-9-14)15-6-4-5-7-16(15)18/h4-7,13-14,19H,8-12H2,1-3H3. The van der Waals surface area contributed by atoms with Crippen LogP contribution in [0.25, 0.3) is 0 Å². The van der Waals surface area contributed by atoms with E-state index in [-0.39, 0.29) is 0 Å². The number of benzene rings is 1. The van der Waals surface area contributed by atoms with E-state index in [1.807, 2.05) is 0 Å². The summed E-state index contributed by atoms with van der Waals surface area (Å²) in [6.07, 6.45) is 5.25. The second kappa shape index (κ2) is 6.41. The Morgan fingerprint density at radius 2 is 1.95 bits per heavy atom. The van der Waals surface area contributed by atoms with Gasteiger partial charge in [0.15, 0.2) is 0 Å². The van der Waals surface area contributed by atoms with Gasteiger partial charge in [-0.05, 0) is 48.6 Å². The Labute approximate surface area is 126 Å². The Balaban J connectivity index is 2.01. The zero-order valence-corrected chi connectivity index (χ0v) is 14.0. The van der Waals surface area contributed by atoms with Gasteiger partial charge >= 0.3 is 0 Å². The Kier molecular flexibility index (Phi) is 5.08. The van der Waals surface area contributed by atoms with Crippen molar-refractivity contribution < 1.29 is 0 Å². The van der Waals surface area contributed by atoms with Gasteiger partial charge in [0.25, 0.3) is 0 Å². The lowest BCUT2D eigenvalue weighted by atomic mass is 9.84. The lowest BCUT2D eigenvalue weighted by Gasteiger charge is -2.24. The third-order valence-corrected chi connectivity index (χ3v) is 4.54. The minimum absolute atomic E-state index is 0.416. The molecule has 1 atom stereocenters. The van der Waals surface area contributed by atoms with Crippen LogP contribution in [0.1, 0.15) is 57.9 Å². The molecule has 1 aliphatic rings. The zero-order chi connectivity index (χ0) is 13.9. The van der Waals surface area contributed by atoms with Gasteiger partial charge in [0, 0.05) is 17.1 Å². The van der Waals surface area contributed by atoms with Crippen molar-refractivity contribution in [1.82, 2.24) is 5.32 Å². The summed E-state index contributed by atoms with van der Waals surface area (Å²) >= 11 is 3.71. The van der Waals surface area contributed by atoms with E-state index < -0.39 is 0 Å². The van der Waals surface area contributed by atoms with Gasteiger partial charge in [0.05, 0.1) is 0 Å². The number of hydrogen-bond donors (Lipinski definition) is 1. The fourth-order valence-electron chi connectivity index (χ4n) is 2.38. The highest BCUT2D eigenvalue weighted by Crippen LogP contribution is 2.33. The van der Waals surface area contributed by atoms with Crippen molar-refractivity contribution in [3.63, 3.8) is 0 Å². The van der Waals surface area contributed by atoms with Crippen molar-refractivity contribution in [2.24, 2.45) is 5.41 Å². The molecule has 106 valence electrons. The van der Waals surface area contributed by atoms with E-state index >= 15 is 0 Å². The molecule has 0 aliphatic heterocycles. The van der Waals surface area contributed by atoms with Crippen molar-refractivity contribution in [2.75, 3.05) is 6.54 Å². The van der Waals surface area contributed by atoms with Crippen LogP contribution in [-0.4, -0.2) is 12.6 Å². The molecule has 0 saturated heterocycles. The van der Waals surface area contributed by atoms with Crippen LogP contribution in [0.4, 0.5) is 0 Å². The first-order chi connectivity index (χ1) is 8.96. The molecule has 1 aromatic rings. The maximum Gasteiger partial charge on any atom is 0.0210 e. The lowest BCUT2D eigenvalue weighted by Crippen LogP contribution is -2.24. The molecule has 0 bridgehead atoms. The third-order valence-electron chi connectivity index (χ3n) is 3.82. The van der Waals surface area contributed by atoms with Gasteiger partial charge in [-0.2, -0.15) is 0 Å². The van der Waals surface area contributed by atoms with Gasteiger partial charge in [0.2, 0.25) is 0 Å². The van der Waals surface area contributed by atoms with E-state index in [1.54, 1.807) is 0 Å². The average Bonchev–Trinajstić information content (AvgIpc) is 3.13. The second-order valence-electron chi connectivity index (χ2n) is 7.00. The molecule has 0 amide bonds. The van der Waals surface area contributed by atoms with E-state index in [0.29, 0.717) is 11.3 Å². The highest BCUT2D eigenvalue weighted by Gasteiger charge is 2.24. The first kappa shape index (κ1) is 15.1. The van der Waals surface area contributed by atoms with Gasteiger partial charge < -0.3 is 5.32 Å². The summed E-state index contributed by atoms with van der Waals surface area (Å²) in [6, 6.07) is 9.48. The van der Waals surface area contributed by atoms with Crippen LogP contribution in [0.2, 0.25) is 0 Å². The first-order valence-corrected chi connectivity index (χ1v) is 8.23. The number of hydrogen-bond acceptors (Lipinski definition) is 1. The van der Waals surface area contributed by atoms with Gasteiger partial charge in [0.1, 0.15) is 0 Å². The zero-order valence-electron chi connectivity index (χ0n) is 12.4. The van der Waals surface area contributed by atoms with E-state index in [0.717, 1.165) is 12.6 Å². The van der Waals surface area contributed by atoms with Crippen molar-refractivity contribution >= 4 is 15.9 Å². The van der Waals surface area contributed by atoms with Gasteiger partial charge in [-0.15, -0.1) is 0 Å². The number of nitrogens with one attached hydrogen (secondary N) is 1. The SMILES string of the molecule is CC(C)(C)CCC(CNC1CC1)c1ccccc1Br. The van der Waals surface area contributed by atoms with E-state index in [2.05, 4.69) is 66.3 Å². The maximum atomic E-state index is 3.71. The predicted molar refractivity (Wildman–Crippen MR) is 86.6 cm³/mol. The Morgan fingerprint density at radius 3 is 2.53 bits per heavy atom. The molecule has 0 spiro atoms. The highest BCUT2D eigenvalue weighted by atomic mass is 79.9. The smallest absolute Gasteiger partial charge is 0.0210 e. The van der Waals surface area contributed by atoms with Crippen LogP contribution in [-0.2, 0) is 0 Å². The Morgan fingerprint density at radius 1 is 1.26 bits per heavy atom. The summed E-state index contributed by atoms with van der Waals surface area (Å²) in [5, 5.41) is 3.70. The lowest BCUT2D eigenvalue weighted by molar-refractivity contribution is 0.344. The third kappa shape index (κ3) is 5.27. The minimum Gasteiger partial charge on any atom is -0.313 e. The van der Waals surface area contributed by atoms with E-state index in [4.69, 9.17) is 0 Å².